The number of benzene rings is 1. The predicted molar refractivity (Wildman–Crippen MR) is 118 cm³/mol. The quantitative estimate of drug-likeness (QED) is 0.562. The second-order valence-corrected chi connectivity index (χ2v) is 8.97. The van der Waals surface area contributed by atoms with E-state index >= 15 is 0 Å². The van der Waals surface area contributed by atoms with Gasteiger partial charge < -0.3 is 34.2 Å². The number of piperazine rings is 1. The maximum absolute atomic E-state index is 12.8. The Hall–Kier alpha value is -2.04. The highest BCUT2D eigenvalue weighted by atomic mass is 79.9. The van der Waals surface area contributed by atoms with E-state index in [1.165, 1.54) is 0 Å². The first-order valence-corrected chi connectivity index (χ1v) is 11.4. The lowest BCUT2D eigenvalue weighted by Gasteiger charge is -2.32. The molecule has 0 unspecified atom stereocenters. The lowest BCUT2D eigenvalue weighted by atomic mass is 9.97. The van der Waals surface area contributed by atoms with Crippen LogP contribution in [0.4, 0.5) is 0 Å². The van der Waals surface area contributed by atoms with Crippen molar-refractivity contribution in [2.24, 2.45) is 0 Å². The molecule has 3 aliphatic rings. The van der Waals surface area contributed by atoms with Gasteiger partial charge in [0, 0.05) is 46.3 Å². The van der Waals surface area contributed by atoms with Gasteiger partial charge in [0.2, 0.25) is 12.5 Å². The van der Waals surface area contributed by atoms with Crippen molar-refractivity contribution in [2.45, 2.75) is 12.8 Å². The minimum Gasteiger partial charge on any atom is -0.479 e. The summed E-state index contributed by atoms with van der Waals surface area (Å²) in [6.45, 7) is 6.34. The van der Waals surface area contributed by atoms with Crippen LogP contribution < -0.4 is 19.5 Å². The number of carbonyl (C=O) groups is 2. The largest absolute Gasteiger partial charge is 0.479 e. The summed E-state index contributed by atoms with van der Waals surface area (Å²) in [5.41, 5.74) is 1.27. The molecule has 1 aromatic carbocycles. The highest BCUT2D eigenvalue weighted by Gasteiger charge is 2.36. The smallest absolute Gasteiger partial charge is 0.257 e. The van der Waals surface area contributed by atoms with E-state index in [0.29, 0.717) is 36.6 Å². The van der Waals surface area contributed by atoms with Crippen LogP contribution in [0.2, 0.25) is 0 Å². The fraction of sp³-hybridized carbons (Fsp3) is 0.619. The highest BCUT2D eigenvalue weighted by molar-refractivity contribution is 9.10. The van der Waals surface area contributed by atoms with E-state index in [9.17, 15) is 9.59 Å². The third-order valence-electron chi connectivity index (χ3n) is 5.99. The molecule has 0 saturated carbocycles. The Morgan fingerprint density at radius 1 is 1.13 bits per heavy atom. The minimum atomic E-state index is -0.223. The van der Waals surface area contributed by atoms with Gasteiger partial charge in [0.15, 0.2) is 18.1 Å². The topological polar surface area (TPSA) is 83.6 Å². The molecule has 2 amide bonds. The molecule has 1 N–H and O–H groups in total. The van der Waals surface area contributed by atoms with Crippen molar-refractivity contribution >= 4 is 27.7 Å². The van der Waals surface area contributed by atoms with E-state index < -0.39 is 0 Å². The number of fused-ring (bicyclic) bond motifs is 2. The molecular formula is C21H29BrN4O5. The lowest BCUT2D eigenvalue weighted by molar-refractivity contribution is -0.123. The van der Waals surface area contributed by atoms with Gasteiger partial charge in [-0.2, -0.15) is 0 Å². The summed E-state index contributed by atoms with van der Waals surface area (Å²) in [5.74, 6) is 0.813. The van der Waals surface area contributed by atoms with Crippen LogP contribution >= 0.6 is 15.9 Å². The molecule has 3 heterocycles. The van der Waals surface area contributed by atoms with Gasteiger partial charge in [-0.3, -0.25) is 9.59 Å². The molecule has 0 radical (unpaired) electrons. The SMILES string of the molecule is CN1CCN(CCCNC(=O)COc2c3c(c(Br)c4c2C(=O)N(C)CC4)OCO3)CC1. The van der Waals surface area contributed by atoms with Crippen LogP contribution in [0.5, 0.6) is 17.2 Å². The Labute approximate surface area is 190 Å². The number of amides is 2. The third kappa shape index (κ3) is 4.75. The summed E-state index contributed by atoms with van der Waals surface area (Å²) in [5, 5.41) is 2.90. The molecule has 0 aromatic heterocycles. The van der Waals surface area contributed by atoms with E-state index in [2.05, 4.69) is 38.1 Å². The normalized spacial score (nSPS) is 18.8. The lowest BCUT2D eigenvalue weighted by Crippen LogP contribution is -2.45. The van der Waals surface area contributed by atoms with Gasteiger partial charge in [0.25, 0.3) is 11.8 Å². The van der Waals surface area contributed by atoms with Crippen LogP contribution in [-0.2, 0) is 11.2 Å². The number of rotatable bonds is 7. The first kappa shape index (κ1) is 22.2. The average molecular weight is 497 g/mol. The summed E-state index contributed by atoms with van der Waals surface area (Å²) in [6.07, 6.45) is 1.56. The fourth-order valence-corrected chi connectivity index (χ4v) is 4.76. The van der Waals surface area contributed by atoms with Crippen molar-refractivity contribution in [3.05, 3.63) is 15.6 Å². The van der Waals surface area contributed by atoms with Crippen molar-refractivity contribution < 1.29 is 23.8 Å². The molecule has 9 nitrogen and oxygen atoms in total. The molecular weight excluding hydrogens is 468 g/mol. The van der Waals surface area contributed by atoms with Gasteiger partial charge in [0.05, 0.1) is 10.0 Å². The van der Waals surface area contributed by atoms with Gasteiger partial charge >= 0.3 is 0 Å². The molecule has 0 atom stereocenters. The molecule has 0 bridgehead atoms. The van der Waals surface area contributed by atoms with Crippen LogP contribution in [0.25, 0.3) is 0 Å². The number of likely N-dealkylation sites (N-methyl/N-ethyl adjacent to an activating group) is 2. The van der Waals surface area contributed by atoms with Gasteiger partial charge in [-0.25, -0.2) is 0 Å². The van der Waals surface area contributed by atoms with Crippen molar-refractivity contribution in [1.82, 2.24) is 20.0 Å². The monoisotopic (exact) mass is 496 g/mol. The van der Waals surface area contributed by atoms with Crippen LogP contribution in [0.15, 0.2) is 4.47 Å². The molecule has 31 heavy (non-hydrogen) atoms. The molecule has 1 fully saturated rings. The third-order valence-corrected chi connectivity index (χ3v) is 6.83. The zero-order chi connectivity index (χ0) is 22.0. The summed E-state index contributed by atoms with van der Waals surface area (Å²) in [4.78, 5) is 31.6. The first-order chi connectivity index (χ1) is 15.0. The van der Waals surface area contributed by atoms with Crippen molar-refractivity contribution in [1.29, 1.82) is 0 Å². The van der Waals surface area contributed by atoms with Gasteiger partial charge in [0.1, 0.15) is 0 Å². The maximum atomic E-state index is 12.8. The average Bonchev–Trinajstić information content (AvgIpc) is 3.25. The Kier molecular flexibility index (Phi) is 6.88. The van der Waals surface area contributed by atoms with Crippen molar-refractivity contribution in [3.63, 3.8) is 0 Å². The van der Waals surface area contributed by atoms with E-state index in [4.69, 9.17) is 14.2 Å². The van der Waals surface area contributed by atoms with E-state index in [1.807, 2.05) is 0 Å². The number of nitrogens with zero attached hydrogens (tertiary/aromatic N) is 3. The summed E-state index contributed by atoms with van der Waals surface area (Å²) < 4.78 is 17.7. The van der Waals surface area contributed by atoms with Crippen molar-refractivity contribution in [2.75, 3.05) is 73.3 Å². The van der Waals surface area contributed by atoms with Gasteiger partial charge in [-0.15, -0.1) is 0 Å². The molecule has 10 heteroatoms. The Balaban J connectivity index is 1.35. The van der Waals surface area contributed by atoms with Crippen LogP contribution in [0.1, 0.15) is 22.3 Å². The van der Waals surface area contributed by atoms with E-state index in [0.717, 1.165) is 49.2 Å². The molecule has 0 spiro atoms. The Morgan fingerprint density at radius 3 is 2.65 bits per heavy atom. The summed E-state index contributed by atoms with van der Waals surface area (Å²) >= 11 is 3.54. The zero-order valence-corrected chi connectivity index (χ0v) is 19.6. The molecule has 1 aromatic rings. The van der Waals surface area contributed by atoms with Crippen LogP contribution in [0, 0.1) is 0 Å². The maximum Gasteiger partial charge on any atom is 0.257 e. The Bertz CT molecular complexity index is 857. The molecule has 170 valence electrons. The predicted octanol–water partition coefficient (Wildman–Crippen LogP) is 0.938. The van der Waals surface area contributed by atoms with Crippen molar-refractivity contribution in [3.8, 4) is 17.2 Å². The number of carbonyl (C=O) groups excluding carboxylic acids is 2. The van der Waals surface area contributed by atoms with Crippen LogP contribution in [-0.4, -0.2) is 99.8 Å². The number of hydrogen-bond donors (Lipinski definition) is 1. The fourth-order valence-electron chi connectivity index (χ4n) is 4.07. The molecule has 1 saturated heterocycles. The number of ether oxygens (including phenoxy) is 3. The second-order valence-electron chi connectivity index (χ2n) is 8.18. The summed E-state index contributed by atoms with van der Waals surface area (Å²) in [7, 11) is 3.89. The van der Waals surface area contributed by atoms with E-state index in [1.54, 1.807) is 11.9 Å². The number of nitrogens with one attached hydrogen (secondary N) is 1. The summed E-state index contributed by atoms with van der Waals surface area (Å²) in [6, 6.07) is 0. The minimum absolute atomic E-state index is 0.0513. The standard InChI is InChI=1S/C21H29BrN4O5/c1-24-8-10-26(11-9-24)6-3-5-23-15(27)12-29-18-16-14(4-7-25(2)21(16)28)17(22)19-20(18)31-13-30-19/h3-13H2,1-2H3,(H,23,27). The number of halogens is 1. The second kappa shape index (κ2) is 9.62. The molecule has 3 aliphatic heterocycles. The molecule has 0 aliphatic carbocycles. The Morgan fingerprint density at radius 2 is 1.87 bits per heavy atom. The first-order valence-electron chi connectivity index (χ1n) is 10.7. The van der Waals surface area contributed by atoms with Gasteiger partial charge in [-0.05, 0) is 47.9 Å². The molecule has 4 rings (SSSR count). The zero-order valence-electron chi connectivity index (χ0n) is 18.0. The van der Waals surface area contributed by atoms with E-state index in [-0.39, 0.29) is 31.0 Å². The van der Waals surface area contributed by atoms with Gasteiger partial charge in [-0.1, -0.05) is 0 Å². The number of hydrogen-bond acceptors (Lipinski definition) is 7. The highest BCUT2D eigenvalue weighted by Crippen LogP contribution is 2.51. The van der Waals surface area contributed by atoms with Crippen LogP contribution in [0.3, 0.4) is 0 Å².